The number of carbonyl (C=O) groups excluding carboxylic acids is 1. The van der Waals surface area contributed by atoms with Crippen LogP contribution >= 0.6 is 36.2 Å². The summed E-state index contributed by atoms with van der Waals surface area (Å²) in [5, 5.41) is 3.92. The lowest BCUT2D eigenvalue weighted by Crippen LogP contribution is -2.41. The number of nitrogen functional groups attached to an aromatic ring is 1. The van der Waals surface area contributed by atoms with E-state index in [4.69, 9.17) is 5.73 Å². The predicted octanol–water partition coefficient (Wildman–Crippen LogP) is 3.85. The molecule has 0 spiro atoms. The smallest absolute Gasteiger partial charge is 0.252 e. The van der Waals surface area contributed by atoms with E-state index in [2.05, 4.69) is 10.3 Å². The first kappa shape index (κ1) is 20.7. The normalized spacial score (nSPS) is 10.4. The van der Waals surface area contributed by atoms with E-state index in [1.165, 1.54) is 4.88 Å². The summed E-state index contributed by atoms with van der Waals surface area (Å²) in [6, 6.07) is 6.95. The topological polar surface area (TPSA) is 68.0 Å². The van der Waals surface area contributed by atoms with Gasteiger partial charge < -0.3 is 11.1 Å². The number of hydrogen-bond donors (Lipinski definition) is 2. The van der Waals surface area contributed by atoms with Crippen LogP contribution in [0.25, 0.3) is 0 Å². The van der Waals surface area contributed by atoms with E-state index >= 15 is 0 Å². The molecule has 0 bridgehead atoms. The number of anilines is 1. The Labute approximate surface area is 147 Å². The van der Waals surface area contributed by atoms with Gasteiger partial charge in [-0.1, -0.05) is 6.07 Å². The van der Waals surface area contributed by atoms with Crippen LogP contribution in [-0.2, 0) is 5.54 Å². The van der Waals surface area contributed by atoms with Crippen LogP contribution in [0.5, 0.6) is 0 Å². The van der Waals surface area contributed by atoms with E-state index < -0.39 is 5.54 Å². The zero-order chi connectivity index (χ0) is 14.9. The first-order chi connectivity index (χ1) is 9.29. The molecule has 0 unspecified atom stereocenters. The summed E-state index contributed by atoms with van der Waals surface area (Å²) in [5.41, 5.74) is 7.34. The lowest BCUT2D eigenvalue weighted by molar-refractivity contribution is 0.0912. The van der Waals surface area contributed by atoms with E-state index in [1.807, 2.05) is 27.7 Å². The minimum atomic E-state index is -0.509. The van der Waals surface area contributed by atoms with Gasteiger partial charge in [-0.2, -0.15) is 0 Å². The highest BCUT2D eigenvalue weighted by atomic mass is 35.5. The van der Waals surface area contributed by atoms with Crippen molar-refractivity contribution in [2.24, 2.45) is 0 Å². The quantitative estimate of drug-likeness (QED) is 0.815. The van der Waals surface area contributed by atoms with Crippen LogP contribution in [0.4, 0.5) is 5.69 Å². The molecule has 4 nitrogen and oxygen atoms in total. The SMILES string of the molecule is Cc1nc(C(C)(C)NC(=O)c2cccc(N)c2)sc1C.Cl.Cl. The molecule has 0 fully saturated rings. The molecule has 0 aliphatic heterocycles. The van der Waals surface area contributed by atoms with Gasteiger partial charge >= 0.3 is 0 Å². The summed E-state index contributed by atoms with van der Waals surface area (Å²) in [6.07, 6.45) is 0. The lowest BCUT2D eigenvalue weighted by Gasteiger charge is -2.24. The number of hydrogen-bond acceptors (Lipinski definition) is 4. The molecule has 2 rings (SSSR count). The number of nitrogens with one attached hydrogen (secondary N) is 1. The minimum Gasteiger partial charge on any atom is -0.399 e. The second kappa shape index (κ2) is 7.81. The molecule has 2 aromatic rings. The molecule has 0 atom stereocenters. The minimum absolute atomic E-state index is 0. The fourth-order valence-corrected chi connectivity index (χ4v) is 2.80. The number of amides is 1. The highest BCUT2D eigenvalue weighted by Gasteiger charge is 2.27. The number of rotatable bonds is 3. The van der Waals surface area contributed by atoms with Crippen molar-refractivity contribution < 1.29 is 4.79 Å². The van der Waals surface area contributed by atoms with Crippen molar-refractivity contribution in [3.8, 4) is 0 Å². The third kappa shape index (κ3) is 4.60. The molecule has 0 aliphatic carbocycles. The number of aromatic nitrogens is 1. The molecule has 1 heterocycles. The molecule has 1 aromatic heterocycles. The standard InChI is InChI=1S/C15H19N3OS.2ClH/c1-9-10(2)20-14(17-9)15(3,4)18-13(19)11-6-5-7-12(16)8-11;;/h5-8H,16H2,1-4H3,(H,18,19);2*1H. The van der Waals surface area contributed by atoms with Crippen molar-refractivity contribution in [1.29, 1.82) is 0 Å². The maximum atomic E-state index is 12.3. The molecule has 0 saturated carbocycles. The second-order valence-electron chi connectivity index (χ2n) is 5.37. The number of nitrogens with two attached hydrogens (primary N) is 1. The summed E-state index contributed by atoms with van der Waals surface area (Å²) >= 11 is 1.61. The maximum absolute atomic E-state index is 12.3. The summed E-state index contributed by atoms with van der Waals surface area (Å²) in [4.78, 5) is 18.0. The molecular weight excluding hydrogens is 341 g/mol. The molecule has 0 radical (unpaired) electrons. The van der Waals surface area contributed by atoms with Gasteiger partial charge in [0, 0.05) is 16.1 Å². The summed E-state index contributed by atoms with van der Waals surface area (Å²) in [6.45, 7) is 7.92. The molecule has 1 aromatic carbocycles. The molecule has 122 valence electrons. The van der Waals surface area contributed by atoms with Gasteiger partial charge in [0.05, 0.1) is 11.2 Å². The van der Waals surface area contributed by atoms with Gasteiger partial charge in [0.2, 0.25) is 0 Å². The van der Waals surface area contributed by atoms with Gasteiger partial charge in [0.15, 0.2) is 0 Å². The molecule has 7 heteroatoms. The zero-order valence-electron chi connectivity index (χ0n) is 13.0. The van der Waals surface area contributed by atoms with E-state index in [-0.39, 0.29) is 30.7 Å². The van der Waals surface area contributed by atoms with Gasteiger partial charge in [-0.3, -0.25) is 4.79 Å². The Morgan fingerprint density at radius 2 is 1.91 bits per heavy atom. The third-order valence-electron chi connectivity index (χ3n) is 3.14. The van der Waals surface area contributed by atoms with E-state index in [0.29, 0.717) is 11.3 Å². The molecule has 1 amide bonds. The van der Waals surface area contributed by atoms with E-state index in [9.17, 15) is 4.79 Å². The average molecular weight is 362 g/mol. The number of benzene rings is 1. The molecule has 0 saturated heterocycles. The molecule has 22 heavy (non-hydrogen) atoms. The molecular formula is C15H21Cl2N3OS. The van der Waals surface area contributed by atoms with E-state index in [1.54, 1.807) is 35.6 Å². The Kier molecular flexibility index (Phi) is 7.35. The molecule has 0 aliphatic rings. The Hall–Kier alpha value is -1.30. The predicted molar refractivity (Wildman–Crippen MR) is 97.4 cm³/mol. The number of nitrogens with zero attached hydrogens (tertiary/aromatic N) is 1. The Morgan fingerprint density at radius 3 is 2.41 bits per heavy atom. The number of thiazole rings is 1. The number of halogens is 2. The summed E-state index contributed by atoms with van der Waals surface area (Å²) in [5.74, 6) is -0.146. The largest absolute Gasteiger partial charge is 0.399 e. The first-order valence-electron chi connectivity index (χ1n) is 6.42. The van der Waals surface area contributed by atoms with Crippen LogP contribution in [0.1, 0.15) is 39.8 Å². The van der Waals surface area contributed by atoms with Gasteiger partial charge in [-0.25, -0.2) is 4.98 Å². The first-order valence-corrected chi connectivity index (χ1v) is 7.24. The van der Waals surface area contributed by atoms with Crippen molar-refractivity contribution in [2.75, 3.05) is 5.73 Å². The number of aryl methyl sites for hydroxylation is 2. The highest BCUT2D eigenvalue weighted by Crippen LogP contribution is 2.27. The summed E-state index contributed by atoms with van der Waals surface area (Å²) in [7, 11) is 0. The van der Waals surface area contributed by atoms with Crippen LogP contribution < -0.4 is 11.1 Å². The fourth-order valence-electron chi connectivity index (χ4n) is 1.83. The van der Waals surface area contributed by atoms with E-state index in [0.717, 1.165) is 10.7 Å². The Bertz CT molecular complexity index is 636. The van der Waals surface area contributed by atoms with Gasteiger partial charge in [0.1, 0.15) is 5.01 Å². The van der Waals surface area contributed by atoms with Crippen LogP contribution in [0.3, 0.4) is 0 Å². The maximum Gasteiger partial charge on any atom is 0.252 e. The van der Waals surface area contributed by atoms with Crippen molar-refractivity contribution in [3.05, 3.63) is 45.4 Å². The lowest BCUT2D eigenvalue weighted by atomic mass is 10.1. The van der Waals surface area contributed by atoms with Crippen molar-refractivity contribution >= 4 is 47.7 Å². The van der Waals surface area contributed by atoms with Crippen molar-refractivity contribution in [1.82, 2.24) is 10.3 Å². The highest BCUT2D eigenvalue weighted by molar-refractivity contribution is 7.11. The van der Waals surface area contributed by atoms with Crippen LogP contribution in [0.15, 0.2) is 24.3 Å². The van der Waals surface area contributed by atoms with Crippen LogP contribution in [0, 0.1) is 13.8 Å². The number of carbonyl (C=O) groups is 1. The zero-order valence-corrected chi connectivity index (χ0v) is 15.4. The van der Waals surface area contributed by atoms with Gasteiger partial charge in [0.25, 0.3) is 5.91 Å². The summed E-state index contributed by atoms with van der Waals surface area (Å²) < 4.78 is 0. The van der Waals surface area contributed by atoms with Crippen LogP contribution in [0.2, 0.25) is 0 Å². The van der Waals surface area contributed by atoms with Crippen molar-refractivity contribution in [2.45, 2.75) is 33.2 Å². The third-order valence-corrected chi connectivity index (χ3v) is 4.53. The fraction of sp³-hybridized carbons (Fsp3) is 0.333. The van der Waals surface area contributed by atoms with Gasteiger partial charge in [-0.15, -0.1) is 36.2 Å². The van der Waals surface area contributed by atoms with Crippen molar-refractivity contribution in [3.63, 3.8) is 0 Å². The van der Waals surface area contributed by atoms with Gasteiger partial charge in [-0.05, 0) is 45.9 Å². The van der Waals surface area contributed by atoms with Crippen LogP contribution in [-0.4, -0.2) is 10.9 Å². The second-order valence-corrected chi connectivity index (χ2v) is 6.57. The Balaban J connectivity index is 0.00000220. The Morgan fingerprint density at radius 1 is 1.27 bits per heavy atom. The molecule has 3 N–H and O–H groups in total. The average Bonchev–Trinajstić information content (AvgIpc) is 2.70. The monoisotopic (exact) mass is 361 g/mol.